The maximum atomic E-state index is 6.40. The van der Waals surface area contributed by atoms with Crippen LogP contribution in [0.2, 0.25) is 0 Å². The molecule has 1 atom stereocenters. The molecule has 1 saturated carbocycles. The van der Waals surface area contributed by atoms with E-state index in [4.69, 9.17) is 5.73 Å². The Hall–Kier alpha value is -0.300. The number of allylic oxidation sites excluding steroid dienone is 1. The highest BCUT2D eigenvalue weighted by Gasteiger charge is 2.31. The van der Waals surface area contributed by atoms with Gasteiger partial charge in [0.2, 0.25) is 0 Å². The van der Waals surface area contributed by atoms with Gasteiger partial charge in [0.25, 0.3) is 0 Å². The molecule has 112 valence electrons. The standard InChI is InChI=1S/C18H35N/c1-5-6-7-8-9-10-17(19)15-11-13-16(14-12-15)18(2,3)4/h5,15-17H,1,6-14,19H2,2-4H3. The maximum absolute atomic E-state index is 6.40. The second-order valence-corrected chi connectivity index (χ2v) is 7.57. The molecule has 0 aromatic carbocycles. The summed E-state index contributed by atoms with van der Waals surface area (Å²) in [6, 6.07) is 0.449. The van der Waals surface area contributed by atoms with Crippen molar-refractivity contribution in [2.24, 2.45) is 23.0 Å². The minimum atomic E-state index is 0.449. The van der Waals surface area contributed by atoms with Crippen molar-refractivity contribution < 1.29 is 0 Å². The van der Waals surface area contributed by atoms with Crippen LogP contribution in [0.15, 0.2) is 12.7 Å². The first-order valence-corrected chi connectivity index (χ1v) is 8.31. The van der Waals surface area contributed by atoms with Gasteiger partial charge in [-0.25, -0.2) is 0 Å². The summed E-state index contributed by atoms with van der Waals surface area (Å²) in [6.07, 6.45) is 13.8. The molecule has 1 nitrogen and oxygen atoms in total. The Balaban J connectivity index is 2.18. The lowest BCUT2D eigenvalue weighted by Crippen LogP contribution is -2.35. The molecule has 0 aromatic heterocycles. The Kier molecular flexibility index (Phi) is 7.13. The first-order valence-electron chi connectivity index (χ1n) is 8.31. The summed E-state index contributed by atoms with van der Waals surface area (Å²) in [5, 5.41) is 0. The van der Waals surface area contributed by atoms with E-state index >= 15 is 0 Å². The highest BCUT2D eigenvalue weighted by molar-refractivity contribution is 4.84. The number of unbranched alkanes of at least 4 members (excludes halogenated alkanes) is 3. The topological polar surface area (TPSA) is 26.0 Å². The molecular weight excluding hydrogens is 230 g/mol. The van der Waals surface area contributed by atoms with Gasteiger partial charge in [-0.15, -0.1) is 6.58 Å². The Labute approximate surface area is 121 Å². The Bertz CT molecular complexity index is 243. The molecule has 0 heterocycles. The number of hydrogen-bond donors (Lipinski definition) is 1. The van der Waals surface area contributed by atoms with Crippen LogP contribution >= 0.6 is 0 Å². The quantitative estimate of drug-likeness (QED) is 0.490. The molecule has 1 fully saturated rings. The van der Waals surface area contributed by atoms with Gasteiger partial charge in [-0.2, -0.15) is 0 Å². The fraction of sp³-hybridized carbons (Fsp3) is 0.889. The van der Waals surface area contributed by atoms with Crippen LogP contribution in [0.4, 0.5) is 0 Å². The predicted molar refractivity (Wildman–Crippen MR) is 86.2 cm³/mol. The second kappa shape index (κ2) is 8.09. The summed E-state index contributed by atoms with van der Waals surface area (Å²) >= 11 is 0. The van der Waals surface area contributed by atoms with Crippen molar-refractivity contribution in [2.45, 2.75) is 84.6 Å². The zero-order chi connectivity index (χ0) is 14.3. The number of nitrogens with two attached hydrogens (primary N) is 1. The minimum Gasteiger partial charge on any atom is -0.327 e. The molecule has 0 aliphatic heterocycles. The van der Waals surface area contributed by atoms with E-state index in [2.05, 4.69) is 27.4 Å². The largest absolute Gasteiger partial charge is 0.327 e. The van der Waals surface area contributed by atoms with Gasteiger partial charge in [0, 0.05) is 6.04 Å². The third-order valence-electron chi connectivity index (χ3n) is 5.05. The van der Waals surface area contributed by atoms with Gasteiger partial charge in [-0.3, -0.25) is 0 Å². The van der Waals surface area contributed by atoms with Crippen LogP contribution in [0.25, 0.3) is 0 Å². The molecule has 2 N–H and O–H groups in total. The van der Waals surface area contributed by atoms with Crippen LogP contribution in [0.5, 0.6) is 0 Å². The highest BCUT2D eigenvalue weighted by atomic mass is 14.6. The molecule has 1 unspecified atom stereocenters. The summed E-state index contributed by atoms with van der Waals surface area (Å²) in [7, 11) is 0. The Morgan fingerprint density at radius 3 is 2.26 bits per heavy atom. The van der Waals surface area contributed by atoms with Crippen LogP contribution in [-0.2, 0) is 0 Å². The first-order chi connectivity index (χ1) is 8.95. The van der Waals surface area contributed by atoms with E-state index in [-0.39, 0.29) is 0 Å². The molecule has 0 amide bonds. The Morgan fingerprint density at radius 1 is 1.11 bits per heavy atom. The van der Waals surface area contributed by atoms with E-state index in [1.54, 1.807) is 0 Å². The Morgan fingerprint density at radius 2 is 1.74 bits per heavy atom. The van der Waals surface area contributed by atoms with Crippen molar-refractivity contribution in [3.63, 3.8) is 0 Å². The predicted octanol–water partition coefficient (Wildman–Crippen LogP) is 5.30. The smallest absolute Gasteiger partial charge is 0.00671 e. The summed E-state index contributed by atoms with van der Waals surface area (Å²) in [5.74, 6) is 1.70. The van der Waals surface area contributed by atoms with E-state index in [1.807, 2.05) is 6.08 Å². The van der Waals surface area contributed by atoms with Gasteiger partial charge in [-0.05, 0) is 62.2 Å². The monoisotopic (exact) mass is 265 g/mol. The van der Waals surface area contributed by atoms with Crippen LogP contribution in [0.3, 0.4) is 0 Å². The fourth-order valence-electron chi connectivity index (χ4n) is 3.49. The SMILES string of the molecule is C=CCCCCCC(N)C1CCC(C(C)(C)C)CC1. The fourth-order valence-corrected chi connectivity index (χ4v) is 3.49. The van der Waals surface area contributed by atoms with Gasteiger partial charge >= 0.3 is 0 Å². The van der Waals surface area contributed by atoms with Crippen LogP contribution < -0.4 is 5.73 Å². The molecular formula is C18H35N. The van der Waals surface area contributed by atoms with Gasteiger partial charge in [0.05, 0.1) is 0 Å². The zero-order valence-electron chi connectivity index (χ0n) is 13.5. The average molecular weight is 265 g/mol. The lowest BCUT2D eigenvalue weighted by Gasteiger charge is -2.38. The molecule has 0 spiro atoms. The van der Waals surface area contributed by atoms with Crippen molar-refractivity contribution >= 4 is 0 Å². The third-order valence-corrected chi connectivity index (χ3v) is 5.05. The number of hydrogen-bond acceptors (Lipinski definition) is 1. The van der Waals surface area contributed by atoms with E-state index in [0.29, 0.717) is 11.5 Å². The summed E-state index contributed by atoms with van der Waals surface area (Å²) < 4.78 is 0. The summed E-state index contributed by atoms with van der Waals surface area (Å²) in [6.45, 7) is 10.9. The third kappa shape index (κ3) is 6.12. The lowest BCUT2D eigenvalue weighted by molar-refractivity contribution is 0.137. The lowest BCUT2D eigenvalue weighted by atomic mass is 9.68. The van der Waals surface area contributed by atoms with E-state index in [1.165, 1.54) is 51.4 Å². The molecule has 1 aliphatic carbocycles. The van der Waals surface area contributed by atoms with Crippen molar-refractivity contribution in [2.75, 3.05) is 0 Å². The van der Waals surface area contributed by atoms with Gasteiger partial charge < -0.3 is 5.73 Å². The van der Waals surface area contributed by atoms with E-state index < -0.39 is 0 Å². The normalized spacial score (nSPS) is 26.1. The molecule has 0 radical (unpaired) electrons. The van der Waals surface area contributed by atoms with Crippen molar-refractivity contribution in [3.8, 4) is 0 Å². The maximum Gasteiger partial charge on any atom is 0.00671 e. The van der Waals surface area contributed by atoms with E-state index in [9.17, 15) is 0 Å². The highest BCUT2D eigenvalue weighted by Crippen LogP contribution is 2.40. The molecule has 1 heteroatoms. The zero-order valence-corrected chi connectivity index (χ0v) is 13.5. The van der Waals surface area contributed by atoms with Gasteiger partial charge in [0.1, 0.15) is 0 Å². The molecule has 19 heavy (non-hydrogen) atoms. The van der Waals surface area contributed by atoms with Gasteiger partial charge in [-0.1, -0.05) is 39.7 Å². The number of rotatable bonds is 7. The van der Waals surface area contributed by atoms with E-state index in [0.717, 1.165) is 18.3 Å². The molecule has 0 bridgehead atoms. The van der Waals surface area contributed by atoms with Crippen molar-refractivity contribution in [1.82, 2.24) is 0 Å². The average Bonchev–Trinajstić information content (AvgIpc) is 2.37. The molecule has 0 saturated heterocycles. The summed E-state index contributed by atoms with van der Waals surface area (Å²) in [4.78, 5) is 0. The van der Waals surface area contributed by atoms with Crippen molar-refractivity contribution in [1.29, 1.82) is 0 Å². The molecule has 0 aromatic rings. The van der Waals surface area contributed by atoms with Crippen molar-refractivity contribution in [3.05, 3.63) is 12.7 Å². The van der Waals surface area contributed by atoms with Gasteiger partial charge in [0.15, 0.2) is 0 Å². The molecule has 1 aliphatic rings. The van der Waals surface area contributed by atoms with Crippen LogP contribution in [-0.4, -0.2) is 6.04 Å². The molecule has 1 rings (SSSR count). The second-order valence-electron chi connectivity index (χ2n) is 7.57. The van der Waals surface area contributed by atoms with Crippen LogP contribution in [0, 0.1) is 17.3 Å². The first kappa shape index (κ1) is 16.8. The summed E-state index contributed by atoms with van der Waals surface area (Å²) in [5.41, 5.74) is 6.88. The van der Waals surface area contributed by atoms with Crippen LogP contribution in [0.1, 0.15) is 78.6 Å². The minimum absolute atomic E-state index is 0.449.